The predicted octanol–water partition coefficient (Wildman–Crippen LogP) is 0.660. The second-order valence-electron chi connectivity index (χ2n) is 4.62. The third-order valence-electron chi connectivity index (χ3n) is 2.87. The van der Waals surface area contributed by atoms with E-state index in [1.54, 1.807) is 24.3 Å². The highest BCUT2D eigenvalue weighted by Crippen LogP contribution is 2.02. The molecule has 1 heterocycles. The second-order valence-corrected chi connectivity index (χ2v) is 4.62. The molecule has 0 saturated carbocycles. The number of carboxylic acids is 1. The van der Waals surface area contributed by atoms with Gasteiger partial charge in [0.1, 0.15) is 5.69 Å². The van der Waals surface area contributed by atoms with E-state index in [1.807, 2.05) is 0 Å². The minimum absolute atomic E-state index is 0.161. The molecule has 1 aromatic carbocycles. The van der Waals surface area contributed by atoms with Crippen molar-refractivity contribution in [2.75, 3.05) is 6.54 Å². The molecule has 0 spiro atoms. The van der Waals surface area contributed by atoms with E-state index < -0.39 is 17.8 Å². The van der Waals surface area contributed by atoms with Crippen molar-refractivity contribution in [3.05, 3.63) is 65.5 Å². The van der Waals surface area contributed by atoms with Gasteiger partial charge in [-0.1, -0.05) is 18.2 Å². The third kappa shape index (κ3) is 5.02. The number of nitrogens with zero attached hydrogens (tertiary/aromatic N) is 2. The van der Waals surface area contributed by atoms with Crippen LogP contribution >= 0.6 is 0 Å². The molecule has 0 atom stereocenters. The molecule has 8 nitrogen and oxygen atoms in total. The first kappa shape index (κ1) is 16.8. The van der Waals surface area contributed by atoms with Crippen LogP contribution in [0.2, 0.25) is 0 Å². The predicted molar refractivity (Wildman–Crippen MR) is 85.7 cm³/mol. The largest absolute Gasteiger partial charge is 0.478 e. The molecule has 1 aromatic heterocycles. The molecule has 2 aromatic rings. The van der Waals surface area contributed by atoms with Gasteiger partial charge in [-0.2, -0.15) is 5.10 Å². The van der Waals surface area contributed by atoms with Gasteiger partial charge < -0.3 is 10.4 Å². The maximum absolute atomic E-state index is 11.7. The zero-order valence-electron chi connectivity index (χ0n) is 12.5. The minimum atomic E-state index is -1.02. The Morgan fingerprint density at radius 3 is 2.50 bits per heavy atom. The van der Waals surface area contributed by atoms with Gasteiger partial charge in [0.2, 0.25) is 0 Å². The molecule has 2 rings (SSSR count). The first-order chi connectivity index (χ1) is 11.6. The highest BCUT2D eigenvalue weighted by atomic mass is 16.4. The van der Waals surface area contributed by atoms with Gasteiger partial charge in [0.25, 0.3) is 11.8 Å². The Morgan fingerprint density at radius 1 is 1.12 bits per heavy atom. The summed E-state index contributed by atoms with van der Waals surface area (Å²) >= 11 is 0. The van der Waals surface area contributed by atoms with Gasteiger partial charge in [-0.05, 0) is 29.8 Å². The SMILES string of the molecule is O=C(CNC(=O)c1ccccn1)N/N=C/c1ccc(C(=O)O)cc1. The Kier molecular flexibility index (Phi) is 5.73. The summed E-state index contributed by atoms with van der Waals surface area (Å²) in [7, 11) is 0. The number of nitrogens with one attached hydrogen (secondary N) is 2. The van der Waals surface area contributed by atoms with Gasteiger partial charge in [0.05, 0.1) is 18.3 Å². The summed E-state index contributed by atoms with van der Waals surface area (Å²) in [6.07, 6.45) is 2.85. The van der Waals surface area contributed by atoms with E-state index in [0.717, 1.165) is 0 Å². The van der Waals surface area contributed by atoms with Crippen LogP contribution in [0.1, 0.15) is 26.4 Å². The van der Waals surface area contributed by atoms with Crippen LogP contribution in [-0.2, 0) is 4.79 Å². The maximum atomic E-state index is 11.7. The monoisotopic (exact) mass is 326 g/mol. The summed E-state index contributed by atoms with van der Waals surface area (Å²) in [6, 6.07) is 10.9. The van der Waals surface area contributed by atoms with Crippen molar-refractivity contribution < 1.29 is 19.5 Å². The smallest absolute Gasteiger partial charge is 0.335 e. The van der Waals surface area contributed by atoms with Gasteiger partial charge in [0.15, 0.2) is 0 Å². The van der Waals surface area contributed by atoms with E-state index in [4.69, 9.17) is 5.11 Å². The molecule has 2 amide bonds. The Bertz CT molecular complexity index is 757. The van der Waals surface area contributed by atoms with Gasteiger partial charge in [-0.25, -0.2) is 10.2 Å². The van der Waals surface area contributed by atoms with E-state index in [1.165, 1.54) is 30.6 Å². The Morgan fingerprint density at radius 2 is 1.88 bits per heavy atom. The standard InChI is InChI=1S/C16H14N4O4/c21-14(10-18-15(22)13-3-1-2-8-17-13)20-19-9-11-4-6-12(7-5-11)16(23)24/h1-9H,10H2,(H,18,22)(H,20,21)(H,23,24)/b19-9+. The minimum Gasteiger partial charge on any atom is -0.478 e. The van der Waals surface area contributed by atoms with Gasteiger partial charge in [0, 0.05) is 6.20 Å². The number of carbonyl (C=O) groups excluding carboxylic acids is 2. The van der Waals surface area contributed by atoms with Crippen LogP contribution in [0.3, 0.4) is 0 Å². The van der Waals surface area contributed by atoms with Gasteiger partial charge >= 0.3 is 5.97 Å². The molecule has 0 aliphatic carbocycles. The molecule has 24 heavy (non-hydrogen) atoms. The summed E-state index contributed by atoms with van der Waals surface area (Å²) in [4.78, 5) is 37.8. The maximum Gasteiger partial charge on any atom is 0.335 e. The first-order valence-electron chi connectivity index (χ1n) is 6.91. The fourth-order valence-electron chi connectivity index (χ4n) is 1.68. The van der Waals surface area contributed by atoms with Crippen molar-refractivity contribution in [2.24, 2.45) is 5.10 Å². The van der Waals surface area contributed by atoms with E-state index in [2.05, 4.69) is 20.8 Å². The van der Waals surface area contributed by atoms with Crippen LogP contribution in [0.15, 0.2) is 53.8 Å². The summed E-state index contributed by atoms with van der Waals surface area (Å²) in [5.74, 6) is -1.98. The van der Waals surface area contributed by atoms with Crippen LogP contribution in [0.25, 0.3) is 0 Å². The number of benzene rings is 1. The lowest BCUT2D eigenvalue weighted by Crippen LogP contribution is -2.35. The Balaban J connectivity index is 1.78. The molecular weight excluding hydrogens is 312 g/mol. The lowest BCUT2D eigenvalue weighted by Gasteiger charge is -2.03. The van der Waals surface area contributed by atoms with Gasteiger partial charge in [-0.3, -0.25) is 14.6 Å². The van der Waals surface area contributed by atoms with Crippen LogP contribution in [-0.4, -0.2) is 40.6 Å². The average Bonchev–Trinajstić information content (AvgIpc) is 2.61. The number of aromatic carboxylic acids is 1. The second kappa shape index (κ2) is 8.18. The fourth-order valence-corrected chi connectivity index (χ4v) is 1.68. The number of hydrogen-bond donors (Lipinski definition) is 3. The van der Waals surface area contributed by atoms with Crippen molar-refractivity contribution >= 4 is 24.0 Å². The first-order valence-corrected chi connectivity index (χ1v) is 6.91. The summed E-state index contributed by atoms with van der Waals surface area (Å²) in [6.45, 7) is -0.245. The summed E-state index contributed by atoms with van der Waals surface area (Å²) in [5, 5.41) is 14.9. The highest BCUT2D eigenvalue weighted by molar-refractivity contribution is 5.95. The van der Waals surface area contributed by atoms with Crippen LogP contribution < -0.4 is 10.7 Å². The number of carboxylic acid groups (broad SMARTS) is 1. The molecule has 8 heteroatoms. The van der Waals surface area contributed by atoms with Gasteiger partial charge in [-0.15, -0.1) is 0 Å². The zero-order valence-corrected chi connectivity index (χ0v) is 12.5. The summed E-state index contributed by atoms with van der Waals surface area (Å²) in [5.41, 5.74) is 3.25. The molecule has 3 N–H and O–H groups in total. The molecule has 0 aliphatic rings. The third-order valence-corrected chi connectivity index (χ3v) is 2.87. The van der Waals surface area contributed by atoms with Crippen molar-refractivity contribution in [2.45, 2.75) is 0 Å². The van der Waals surface area contributed by atoms with Crippen molar-refractivity contribution in [3.8, 4) is 0 Å². The molecule has 0 radical (unpaired) electrons. The highest BCUT2D eigenvalue weighted by Gasteiger charge is 2.07. The molecule has 0 saturated heterocycles. The quantitative estimate of drug-likeness (QED) is 0.532. The van der Waals surface area contributed by atoms with E-state index in [0.29, 0.717) is 5.56 Å². The number of carbonyl (C=O) groups is 3. The number of amides is 2. The number of aromatic nitrogens is 1. The van der Waals surface area contributed by atoms with Crippen LogP contribution in [0.4, 0.5) is 0 Å². The van der Waals surface area contributed by atoms with Crippen molar-refractivity contribution in [3.63, 3.8) is 0 Å². The lowest BCUT2D eigenvalue weighted by molar-refractivity contribution is -0.120. The van der Waals surface area contributed by atoms with E-state index in [-0.39, 0.29) is 17.8 Å². The Hall–Kier alpha value is -3.55. The normalized spacial score (nSPS) is 10.3. The average molecular weight is 326 g/mol. The van der Waals surface area contributed by atoms with Crippen LogP contribution in [0, 0.1) is 0 Å². The number of hydrazone groups is 1. The molecule has 0 bridgehead atoms. The van der Waals surface area contributed by atoms with E-state index in [9.17, 15) is 14.4 Å². The molecular formula is C16H14N4O4. The lowest BCUT2D eigenvalue weighted by atomic mass is 10.1. The van der Waals surface area contributed by atoms with Crippen molar-refractivity contribution in [1.82, 2.24) is 15.7 Å². The van der Waals surface area contributed by atoms with Crippen LogP contribution in [0.5, 0.6) is 0 Å². The summed E-state index contributed by atoms with van der Waals surface area (Å²) < 4.78 is 0. The topological polar surface area (TPSA) is 121 Å². The van der Waals surface area contributed by atoms with E-state index >= 15 is 0 Å². The number of hydrogen-bond acceptors (Lipinski definition) is 5. The molecule has 0 unspecified atom stereocenters. The van der Waals surface area contributed by atoms with Crippen molar-refractivity contribution in [1.29, 1.82) is 0 Å². The fraction of sp³-hybridized carbons (Fsp3) is 0.0625. The molecule has 122 valence electrons. The number of rotatable bonds is 6. The Labute approximate surface area is 137 Å². The molecule has 0 fully saturated rings. The molecule has 0 aliphatic heterocycles. The number of pyridine rings is 1. The zero-order chi connectivity index (χ0) is 17.4.